The zero-order chi connectivity index (χ0) is 9.84. The van der Waals surface area contributed by atoms with Crippen molar-refractivity contribution in [2.24, 2.45) is 5.92 Å². The fourth-order valence-electron chi connectivity index (χ4n) is 1.80. The molecule has 13 heavy (non-hydrogen) atoms. The van der Waals surface area contributed by atoms with Crippen molar-refractivity contribution in [2.45, 2.75) is 32.7 Å². The van der Waals surface area contributed by atoms with Crippen molar-refractivity contribution in [3.8, 4) is 0 Å². The summed E-state index contributed by atoms with van der Waals surface area (Å²) in [6.07, 6.45) is 2.13. The van der Waals surface area contributed by atoms with E-state index in [1.807, 2.05) is 11.9 Å². The summed E-state index contributed by atoms with van der Waals surface area (Å²) in [6.45, 7) is 6.11. The molecule has 1 rings (SSSR count). The number of nitrogens with zero attached hydrogens (tertiary/aromatic N) is 1. The minimum Gasteiger partial charge on any atom is -0.344 e. The van der Waals surface area contributed by atoms with E-state index in [0.717, 1.165) is 25.9 Å². The zero-order valence-corrected chi connectivity index (χ0v) is 8.84. The largest absolute Gasteiger partial charge is 0.344 e. The summed E-state index contributed by atoms with van der Waals surface area (Å²) < 4.78 is 0. The molecule has 0 radical (unpaired) electrons. The van der Waals surface area contributed by atoms with Crippen LogP contribution in [0.4, 0.5) is 0 Å². The maximum Gasteiger partial charge on any atom is 0.239 e. The topological polar surface area (TPSA) is 32.3 Å². The molecular formula is C10H20N2O. The molecule has 1 aliphatic rings. The Morgan fingerprint density at radius 1 is 1.62 bits per heavy atom. The molecule has 3 heteroatoms. The van der Waals surface area contributed by atoms with E-state index in [1.54, 1.807) is 0 Å². The molecule has 0 saturated carbocycles. The maximum atomic E-state index is 11.7. The molecule has 1 fully saturated rings. The Hall–Kier alpha value is -0.570. The number of carbonyl (C=O) groups excluding carboxylic acids is 1. The number of carbonyl (C=O) groups is 1. The second-order valence-electron chi connectivity index (χ2n) is 4.26. The van der Waals surface area contributed by atoms with Gasteiger partial charge in [-0.05, 0) is 25.3 Å². The van der Waals surface area contributed by atoms with Crippen molar-refractivity contribution < 1.29 is 4.79 Å². The van der Waals surface area contributed by atoms with Gasteiger partial charge in [0.2, 0.25) is 5.91 Å². The second kappa shape index (κ2) is 4.61. The van der Waals surface area contributed by atoms with Gasteiger partial charge >= 0.3 is 0 Å². The predicted octanol–water partition coefficient (Wildman–Crippen LogP) is 0.853. The highest BCUT2D eigenvalue weighted by Crippen LogP contribution is 2.08. The summed E-state index contributed by atoms with van der Waals surface area (Å²) in [4.78, 5) is 13.6. The van der Waals surface area contributed by atoms with Gasteiger partial charge in [0.05, 0.1) is 6.04 Å². The Kier molecular flexibility index (Phi) is 3.72. The van der Waals surface area contributed by atoms with Gasteiger partial charge in [-0.2, -0.15) is 0 Å². The van der Waals surface area contributed by atoms with E-state index in [0.29, 0.717) is 5.92 Å². The molecule has 0 aromatic rings. The van der Waals surface area contributed by atoms with Crippen molar-refractivity contribution >= 4 is 5.91 Å². The van der Waals surface area contributed by atoms with Crippen LogP contribution in [0.2, 0.25) is 0 Å². The summed E-state index contributed by atoms with van der Waals surface area (Å²) in [5.74, 6) is 0.807. The summed E-state index contributed by atoms with van der Waals surface area (Å²) in [5.41, 5.74) is 0. The monoisotopic (exact) mass is 184 g/mol. The number of likely N-dealkylation sites (N-methyl/N-ethyl adjacent to an activating group) is 1. The van der Waals surface area contributed by atoms with Crippen molar-refractivity contribution in [3.05, 3.63) is 0 Å². The van der Waals surface area contributed by atoms with E-state index < -0.39 is 0 Å². The highest BCUT2D eigenvalue weighted by Gasteiger charge is 2.24. The van der Waals surface area contributed by atoms with Crippen LogP contribution in [0.15, 0.2) is 0 Å². The van der Waals surface area contributed by atoms with Gasteiger partial charge in [-0.3, -0.25) is 4.79 Å². The Morgan fingerprint density at radius 3 is 2.77 bits per heavy atom. The van der Waals surface area contributed by atoms with Gasteiger partial charge in [0.15, 0.2) is 0 Å². The molecule has 0 bridgehead atoms. The minimum absolute atomic E-state index is 0.0868. The first-order valence-corrected chi connectivity index (χ1v) is 5.09. The highest BCUT2D eigenvalue weighted by molar-refractivity contribution is 5.81. The van der Waals surface area contributed by atoms with Crippen LogP contribution in [0.1, 0.15) is 26.7 Å². The lowest BCUT2D eigenvalue weighted by atomic mass is 10.1. The van der Waals surface area contributed by atoms with Crippen molar-refractivity contribution in [1.82, 2.24) is 10.2 Å². The molecule has 0 aromatic carbocycles. The predicted molar refractivity (Wildman–Crippen MR) is 53.5 cm³/mol. The van der Waals surface area contributed by atoms with Crippen LogP contribution in [-0.2, 0) is 4.79 Å². The normalized spacial score (nSPS) is 22.3. The molecule has 1 heterocycles. The van der Waals surface area contributed by atoms with Crippen LogP contribution in [0.5, 0.6) is 0 Å². The molecule has 0 aliphatic carbocycles. The molecule has 0 spiro atoms. The van der Waals surface area contributed by atoms with Gasteiger partial charge in [-0.15, -0.1) is 0 Å². The standard InChI is InChI=1S/C10H20N2O/c1-8(2)7-12(3)10(13)9-5-4-6-11-9/h8-9,11H,4-7H2,1-3H3. The zero-order valence-electron chi connectivity index (χ0n) is 8.84. The van der Waals surface area contributed by atoms with Crippen molar-refractivity contribution in [3.63, 3.8) is 0 Å². The van der Waals surface area contributed by atoms with Gasteiger partial charge in [0, 0.05) is 13.6 Å². The van der Waals surface area contributed by atoms with Gasteiger partial charge in [-0.25, -0.2) is 0 Å². The number of nitrogens with one attached hydrogen (secondary N) is 1. The van der Waals surface area contributed by atoms with E-state index >= 15 is 0 Å². The molecule has 3 nitrogen and oxygen atoms in total. The number of hydrogen-bond acceptors (Lipinski definition) is 2. The lowest BCUT2D eigenvalue weighted by molar-refractivity contribution is -0.132. The molecular weight excluding hydrogens is 164 g/mol. The van der Waals surface area contributed by atoms with Crippen LogP contribution in [0.3, 0.4) is 0 Å². The summed E-state index contributed by atoms with van der Waals surface area (Å²) in [5, 5.41) is 3.22. The molecule has 1 atom stereocenters. The van der Waals surface area contributed by atoms with Gasteiger partial charge in [-0.1, -0.05) is 13.8 Å². The third-order valence-electron chi connectivity index (χ3n) is 2.37. The lowest BCUT2D eigenvalue weighted by Crippen LogP contribution is -2.42. The summed E-state index contributed by atoms with van der Waals surface area (Å²) >= 11 is 0. The Morgan fingerprint density at radius 2 is 2.31 bits per heavy atom. The van der Waals surface area contributed by atoms with Crippen LogP contribution >= 0.6 is 0 Å². The first-order chi connectivity index (χ1) is 6.11. The average Bonchev–Trinajstić information content (AvgIpc) is 2.53. The number of amides is 1. The van der Waals surface area contributed by atoms with E-state index in [4.69, 9.17) is 0 Å². The molecule has 1 unspecified atom stereocenters. The van der Waals surface area contributed by atoms with E-state index in [1.165, 1.54) is 0 Å². The van der Waals surface area contributed by atoms with Crippen LogP contribution in [-0.4, -0.2) is 37.0 Å². The van der Waals surface area contributed by atoms with E-state index in [-0.39, 0.29) is 11.9 Å². The fourth-order valence-corrected chi connectivity index (χ4v) is 1.80. The van der Waals surface area contributed by atoms with Crippen LogP contribution in [0.25, 0.3) is 0 Å². The van der Waals surface area contributed by atoms with E-state index in [2.05, 4.69) is 19.2 Å². The minimum atomic E-state index is 0.0868. The highest BCUT2D eigenvalue weighted by atomic mass is 16.2. The summed E-state index contributed by atoms with van der Waals surface area (Å²) in [6, 6.07) is 0.0868. The average molecular weight is 184 g/mol. The van der Waals surface area contributed by atoms with Gasteiger partial charge in [0.25, 0.3) is 0 Å². The van der Waals surface area contributed by atoms with Crippen molar-refractivity contribution in [1.29, 1.82) is 0 Å². The smallest absolute Gasteiger partial charge is 0.239 e. The lowest BCUT2D eigenvalue weighted by Gasteiger charge is -2.22. The van der Waals surface area contributed by atoms with Gasteiger partial charge in [0.1, 0.15) is 0 Å². The fraction of sp³-hybridized carbons (Fsp3) is 0.900. The third kappa shape index (κ3) is 2.99. The number of hydrogen-bond donors (Lipinski definition) is 1. The molecule has 1 saturated heterocycles. The quantitative estimate of drug-likeness (QED) is 0.705. The first kappa shape index (κ1) is 10.5. The number of rotatable bonds is 3. The van der Waals surface area contributed by atoms with Crippen molar-refractivity contribution in [2.75, 3.05) is 20.1 Å². The van der Waals surface area contributed by atoms with Gasteiger partial charge < -0.3 is 10.2 Å². The van der Waals surface area contributed by atoms with Crippen LogP contribution in [0, 0.1) is 5.92 Å². The Labute approximate surface area is 80.5 Å². The molecule has 1 amide bonds. The summed E-state index contributed by atoms with van der Waals surface area (Å²) in [7, 11) is 1.89. The molecule has 1 aliphatic heterocycles. The van der Waals surface area contributed by atoms with Crippen LogP contribution < -0.4 is 5.32 Å². The molecule has 76 valence electrons. The van der Waals surface area contributed by atoms with E-state index in [9.17, 15) is 4.79 Å². The molecule has 0 aromatic heterocycles. The maximum absolute atomic E-state index is 11.7. The Bertz CT molecular complexity index is 174. The second-order valence-corrected chi connectivity index (χ2v) is 4.26. The SMILES string of the molecule is CC(C)CN(C)C(=O)C1CCCN1. The first-order valence-electron chi connectivity index (χ1n) is 5.09. The third-order valence-corrected chi connectivity index (χ3v) is 2.37. The Balaban J connectivity index is 2.36. The molecule has 1 N–H and O–H groups in total.